The van der Waals surface area contributed by atoms with Gasteiger partial charge in [0.1, 0.15) is 11.3 Å². The maximum atomic E-state index is 12.5. The Labute approximate surface area is 167 Å². The van der Waals surface area contributed by atoms with Crippen molar-refractivity contribution in [2.45, 2.75) is 45.2 Å². The summed E-state index contributed by atoms with van der Waals surface area (Å²) in [7, 11) is 0. The van der Waals surface area contributed by atoms with Crippen LogP contribution in [0.1, 0.15) is 31.2 Å². The van der Waals surface area contributed by atoms with E-state index in [4.69, 9.17) is 5.11 Å². The molecule has 0 fully saturated rings. The first-order chi connectivity index (χ1) is 14.0. The second-order valence-electron chi connectivity index (χ2n) is 6.88. The van der Waals surface area contributed by atoms with E-state index in [-0.39, 0.29) is 25.5 Å². The Bertz CT molecular complexity index is 1030. The molecule has 4 N–H and O–H groups in total. The van der Waals surface area contributed by atoms with Crippen LogP contribution in [0, 0.1) is 0 Å². The van der Waals surface area contributed by atoms with E-state index in [1.807, 2.05) is 37.3 Å². The van der Waals surface area contributed by atoms with Crippen molar-refractivity contribution in [2.75, 3.05) is 11.9 Å². The molecule has 3 aromatic rings. The summed E-state index contributed by atoms with van der Waals surface area (Å²) in [6.45, 7) is 2.26. The van der Waals surface area contributed by atoms with Crippen LogP contribution in [-0.4, -0.2) is 48.4 Å². The van der Waals surface area contributed by atoms with Gasteiger partial charge in [0.2, 0.25) is 0 Å². The van der Waals surface area contributed by atoms with Gasteiger partial charge in [0, 0.05) is 13.0 Å². The molecule has 0 aliphatic heterocycles. The van der Waals surface area contributed by atoms with Gasteiger partial charge in [0.05, 0.1) is 19.1 Å². The van der Waals surface area contributed by atoms with Gasteiger partial charge in [0.25, 0.3) is 0 Å². The summed E-state index contributed by atoms with van der Waals surface area (Å²) in [4.78, 5) is 35.1. The number of nitrogens with zero attached hydrogens (tertiary/aromatic N) is 3. The van der Waals surface area contributed by atoms with E-state index in [1.54, 1.807) is 0 Å². The summed E-state index contributed by atoms with van der Waals surface area (Å²) in [5.74, 6) is -0.135. The monoisotopic (exact) mass is 399 g/mol. The molecule has 0 aliphatic carbocycles. The summed E-state index contributed by atoms with van der Waals surface area (Å²) in [5.41, 5.74) is 1.58. The highest BCUT2D eigenvalue weighted by Gasteiger charge is 2.18. The normalized spacial score (nSPS) is 12.2. The fourth-order valence-electron chi connectivity index (χ4n) is 3.20. The summed E-state index contributed by atoms with van der Waals surface area (Å²) < 4.78 is 1.48. The minimum absolute atomic E-state index is 0.0682. The Morgan fingerprint density at radius 1 is 1.28 bits per heavy atom. The number of hydrogen-bond donors (Lipinski definition) is 4. The number of hydrogen-bond acceptors (Lipinski definition) is 6. The summed E-state index contributed by atoms with van der Waals surface area (Å²) in [6, 6.07) is 9.36. The number of carboxylic acid groups (broad SMARTS) is 1. The Morgan fingerprint density at radius 2 is 2.03 bits per heavy atom. The number of carboxylic acids is 1. The van der Waals surface area contributed by atoms with Gasteiger partial charge in [-0.1, -0.05) is 37.3 Å². The van der Waals surface area contributed by atoms with Crippen LogP contribution >= 0.6 is 0 Å². The molecular weight excluding hydrogens is 374 g/mol. The molecule has 2 aromatic heterocycles. The molecule has 0 saturated heterocycles. The predicted octanol–water partition coefficient (Wildman–Crippen LogP) is 1.56. The Kier molecular flexibility index (Phi) is 6.61. The van der Waals surface area contributed by atoms with Crippen LogP contribution in [0.5, 0.6) is 0 Å². The molecule has 29 heavy (non-hydrogen) atoms. The standard InChI is InChI=1S/C20H25N5O4/c1-2-10-25-19-17(22-15(23-19)8-9-16(27)28)18(24-20(25)29)21-14(12-26)11-13-6-4-3-5-7-13/h3-7,14,26H,2,8-12H2,1H3,(H,22,23)(H,27,28)(H,21,24,29). The highest BCUT2D eigenvalue weighted by atomic mass is 16.4. The zero-order chi connectivity index (χ0) is 20.8. The van der Waals surface area contributed by atoms with Crippen LogP contribution in [0.2, 0.25) is 0 Å². The van der Waals surface area contributed by atoms with Gasteiger partial charge in [-0.2, -0.15) is 4.98 Å². The molecule has 1 aromatic carbocycles. The largest absolute Gasteiger partial charge is 0.481 e. The van der Waals surface area contributed by atoms with Gasteiger partial charge in [0.15, 0.2) is 11.5 Å². The van der Waals surface area contributed by atoms with Crippen molar-refractivity contribution in [1.82, 2.24) is 19.5 Å². The number of anilines is 1. The zero-order valence-corrected chi connectivity index (χ0v) is 16.3. The maximum absolute atomic E-state index is 12.5. The molecule has 0 aliphatic rings. The Balaban J connectivity index is 1.96. The fourth-order valence-corrected chi connectivity index (χ4v) is 3.20. The molecule has 0 saturated carbocycles. The Hall–Kier alpha value is -3.20. The number of imidazole rings is 1. The van der Waals surface area contributed by atoms with E-state index in [9.17, 15) is 14.7 Å². The number of benzene rings is 1. The molecule has 1 atom stereocenters. The van der Waals surface area contributed by atoms with Crippen molar-refractivity contribution < 1.29 is 15.0 Å². The number of H-pyrrole nitrogens is 1. The smallest absolute Gasteiger partial charge is 0.351 e. The minimum Gasteiger partial charge on any atom is -0.481 e. The fraction of sp³-hybridized carbons (Fsp3) is 0.400. The van der Waals surface area contributed by atoms with Gasteiger partial charge >= 0.3 is 11.7 Å². The molecule has 9 heteroatoms. The number of aryl methyl sites for hydroxylation is 2. The molecule has 9 nitrogen and oxygen atoms in total. The lowest BCUT2D eigenvalue weighted by atomic mass is 10.1. The van der Waals surface area contributed by atoms with Gasteiger partial charge in [-0.25, -0.2) is 9.78 Å². The summed E-state index contributed by atoms with van der Waals surface area (Å²) in [6.07, 6.45) is 1.44. The highest BCUT2D eigenvalue weighted by molar-refractivity contribution is 5.83. The number of aliphatic carboxylic acids is 1. The van der Waals surface area contributed by atoms with Gasteiger partial charge in [-0.15, -0.1) is 0 Å². The number of aromatic amines is 1. The van der Waals surface area contributed by atoms with E-state index in [0.717, 1.165) is 12.0 Å². The second kappa shape index (κ2) is 9.33. The third-order valence-electron chi connectivity index (χ3n) is 4.57. The van der Waals surface area contributed by atoms with Gasteiger partial charge in [-0.3, -0.25) is 9.36 Å². The van der Waals surface area contributed by atoms with Crippen molar-refractivity contribution >= 4 is 23.0 Å². The van der Waals surface area contributed by atoms with Crippen LogP contribution in [0.3, 0.4) is 0 Å². The second-order valence-corrected chi connectivity index (χ2v) is 6.88. The molecule has 0 radical (unpaired) electrons. The molecule has 1 unspecified atom stereocenters. The maximum Gasteiger partial charge on any atom is 0.351 e. The lowest BCUT2D eigenvalue weighted by Crippen LogP contribution is -2.30. The average molecular weight is 399 g/mol. The first kappa shape index (κ1) is 20.5. The number of fused-ring (bicyclic) bond motifs is 1. The first-order valence-electron chi connectivity index (χ1n) is 9.64. The summed E-state index contributed by atoms with van der Waals surface area (Å²) >= 11 is 0. The summed E-state index contributed by atoms with van der Waals surface area (Å²) in [5, 5.41) is 21.9. The van der Waals surface area contributed by atoms with E-state index in [1.165, 1.54) is 4.57 Å². The zero-order valence-electron chi connectivity index (χ0n) is 16.3. The molecule has 154 valence electrons. The molecule has 0 bridgehead atoms. The third kappa shape index (κ3) is 5.00. The number of aliphatic hydroxyl groups excluding tert-OH is 1. The van der Waals surface area contributed by atoms with Crippen LogP contribution < -0.4 is 11.0 Å². The predicted molar refractivity (Wildman–Crippen MR) is 109 cm³/mol. The van der Waals surface area contributed by atoms with Crippen LogP contribution in [-0.2, 0) is 24.2 Å². The van der Waals surface area contributed by atoms with Crippen molar-refractivity contribution in [3.05, 3.63) is 52.2 Å². The Morgan fingerprint density at radius 3 is 2.69 bits per heavy atom. The van der Waals surface area contributed by atoms with Crippen LogP contribution in [0.4, 0.5) is 5.82 Å². The first-order valence-corrected chi connectivity index (χ1v) is 9.64. The minimum atomic E-state index is -0.920. The number of aliphatic hydroxyl groups is 1. The van der Waals surface area contributed by atoms with Gasteiger partial charge in [-0.05, 0) is 18.4 Å². The van der Waals surface area contributed by atoms with E-state index >= 15 is 0 Å². The van der Waals surface area contributed by atoms with Crippen molar-refractivity contribution in [3.8, 4) is 0 Å². The lowest BCUT2D eigenvalue weighted by Gasteiger charge is -2.18. The van der Waals surface area contributed by atoms with Crippen molar-refractivity contribution in [3.63, 3.8) is 0 Å². The molecular formula is C20H25N5O4. The molecule has 3 rings (SSSR count). The lowest BCUT2D eigenvalue weighted by molar-refractivity contribution is -0.137. The molecule has 0 spiro atoms. The van der Waals surface area contributed by atoms with E-state index in [2.05, 4.69) is 20.3 Å². The van der Waals surface area contributed by atoms with Gasteiger partial charge < -0.3 is 20.5 Å². The van der Waals surface area contributed by atoms with Crippen LogP contribution in [0.25, 0.3) is 11.2 Å². The number of carbonyl (C=O) groups is 1. The average Bonchev–Trinajstić information content (AvgIpc) is 3.14. The van der Waals surface area contributed by atoms with E-state index in [0.29, 0.717) is 35.8 Å². The number of rotatable bonds is 10. The SMILES string of the molecule is CCCn1c(=O)nc(NC(CO)Cc2ccccc2)c2[nH]c(CCC(=O)O)nc21. The molecule has 2 heterocycles. The third-order valence-corrected chi connectivity index (χ3v) is 4.57. The quantitative estimate of drug-likeness (QED) is 0.406. The van der Waals surface area contributed by atoms with Crippen molar-refractivity contribution in [1.29, 1.82) is 0 Å². The van der Waals surface area contributed by atoms with Crippen molar-refractivity contribution in [2.24, 2.45) is 0 Å². The number of nitrogens with one attached hydrogen (secondary N) is 2. The topological polar surface area (TPSA) is 133 Å². The number of aromatic nitrogens is 4. The van der Waals surface area contributed by atoms with E-state index < -0.39 is 11.7 Å². The molecule has 0 amide bonds. The highest BCUT2D eigenvalue weighted by Crippen LogP contribution is 2.20. The van der Waals surface area contributed by atoms with Crippen LogP contribution in [0.15, 0.2) is 35.1 Å².